The Labute approximate surface area is 232 Å². The molecule has 10 heteroatoms. The zero-order chi connectivity index (χ0) is 27.2. The number of nitrogens with one attached hydrogen (secondary N) is 2. The molecule has 0 unspecified atom stereocenters. The molecule has 0 spiro atoms. The highest BCUT2D eigenvalue weighted by atomic mass is 19.1. The minimum atomic E-state index is -0.607. The SMILES string of the molecule is Cc1nc2c(F)cc(-c3nc(Nc4ccc5c(n4)CCN(C4CCNCC4)C5)ncc3F)cc2n1C1CCCC1. The van der Waals surface area contributed by atoms with Crippen molar-refractivity contribution in [2.75, 3.05) is 25.0 Å². The van der Waals surface area contributed by atoms with Gasteiger partial charge in [-0.3, -0.25) is 4.90 Å². The molecule has 1 aliphatic carbocycles. The van der Waals surface area contributed by atoms with Crippen LogP contribution in [0.4, 0.5) is 20.5 Å². The van der Waals surface area contributed by atoms with Crippen molar-refractivity contribution < 1.29 is 8.78 Å². The van der Waals surface area contributed by atoms with Crippen molar-refractivity contribution in [3.05, 3.63) is 59.2 Å². The molecule has 2 N–H and O–H groups in total. The lowest BCUT2D eigenvalue weighted by Gasteiger charge is -2.37. The van der Waals surface area contributed by atoms with Crippen molar-refractivity contribution in [3.63, 3.8) is 0 Å². The van der Waals surface area contributed by atoms with E-state index in [1.165, 1.54) is 24.5 Å². The molecule has 0 bridgehead atoms. The molecular formula is C30H34F2N8. The Morgan fingerprint density at radius 3 is 2.60 bits per heavy atom. The molecule has 8 nitrogen and oxygen atoms in total. The van der Waals surface area contributed by atoms with Gasteiger partial charge in [-0.25, -0.2) is 28.7 Å². The van der Waals surface area contributed by atoms with E-state index in [4.69, 9.17) is 4.98 Å². The predicted molar refractivity (Wildman–Crippen MR) is 150 cm³/mol. The van der Waals surface area contributed by atoms with Gasteiger partial charge < -0.3 is 15.2 Å². The van der Waals surface area contributed by atoms with E-state index >= 15 is 8.78 Å². The fourth-order valence-electron chi connectivity index (χ4n) is 6.76. The summed E-state index contributed by atoms with van der Waals surface area (Å²) in [5.74, 6) is 0.528. The van der Waals surface area contributed by atoms with Gasteiger partial charge in [-0.05, 0) is 69.5 Å². The number of aromatic nitrogens is 5. The van der Waals surface area contributed by atoms with Gasteiger partial charge in [0.1, 0.15) is 22.9 Å². The fourth-order valence-corrected chi connectivity index (χ4v) is 6.76. The number of halogens is 2. The first-order valence-corrected chi connectivity index (χ1v) is 14.4. The van der Waals surface area contributed by atoms with Crippen LogP contribution < -0.4 is 10.6 Å². The van der Waals surface area contributed by atoms with Crippen LogP contribution in [0.1, 0.15) is 61.6 Å². The maximum absolute atomic E-state index is 15.2. The Bertz CT molecular complexity index is 1560. The average molecular weight is 545 g/mol. The third-order valence-corrected chi connectivity index (χ3v) is 8.78. The van der Waals surface area contributed by atoms with Crippen molar-refractivity contribution >= 4 is 22.8 Å². The molecular weight excluding hydrogens is 510 g/mol. The van der Waals surface area contributed by atoms with E-state index in [0.717, 1.165) is 76.0 Å². The number of benzene rings is 1. The normalized spacial score (nSPS) is 18.9. The summed E-state index contributed by atoms with van der Waals surface area (Å²) in [5, 5.41) is 6.59. The first-order chi connectivity index (χ1) is 19.5. The van der Waals surface area contributed by atoms with Crippen LogP contribution in [0.25, 0.3) is 22.3 Å². The summed E-state index contributed by atoms with van der Waals surface area (Å²) in [6.07, 6.45) is 8.76. The average Bonchev–Trinajstić information content (AvgIpc) is 3.61. The van der Waals surface area contributed by atoms with Gasteiger partial charge in [-0.15, -0.1) is 0 Å². The highest BCUT2D eigenvalue weighted by Gasteiger charge is 2.26. The molecule has 5 heterocycles. The molecule has 40 heavy (non-hydrogen) atoms. The molecule has 0 radical (unpaired) electrons. The second-order valence-corrected chi connectivity index (χ2v) is 11.3. The zero-order valence-electron chi connectivity index (χ0n) is 22.8. The summed E-state index contributed by atoms with van der Waals surface area (Å²) < 4.78 is 32.4. The van der Waals surface area contributed by atoms with Crippen molar-refractivity contribution in [1.82, 2.24) is 34.7 Å². The number of nitrogens with zero attached hydrogens (tertiary/aromatic N) is 6. The molecule has 2 aliphatic heterocycles. The molecule has 0 atom stereocenters. The highest BCUT2D eigenvalue weighted by molar-refractivity contribution is 5.83. The summed E-state index contributed by atoms with van der Waals surface area (Å²) in [4.78, 5) is 20.5. The summed E-state index contributed by atoms with van der Waals surface area (Å²) in [7, 11) is 0. The van der Waals surface area contributed by atoms with Gasteiger partial charge >= 0.3 is 0 Å². The number of fused-ring (bicyclic) bond motifs is 2. The van der Waals surface area contributed by atoms with Crippen molar-refractivity contribution in [2.24, 2.45) is 0 Å². The zero-order valence-corrected chi connectivity index (χ0v) is 22.8. The molecule has 0 amide bonds. The Morgan fingerprint density at radius 2 is 1.77 bits per heavy atom. The molecule has 1 saturated heterocycles. The molecule has 1 saturated carbocycles. The number of hydrogen-bond acceptors (Lipinski definition) is 7. The van der Waals surface area contributed by atoms with E-state index in [1.807, 2.05) is 13.0 Å². The first-order valence-electron chi connectivity index (χ1n) is 14.4. The van der Waals surface area contributed by atoms with E-state index in [9.17, 15) is 0 Å². The first kappa shape index (κ1) is 25.5. The highest BCUT2D eigenvalue weighted by Crippen LogP contribution is 2.36. The van der Waals surface area contributed by atoms with Crippen LogP contribution in [0.15, 0.2) is 30.5 Å². The van der Waals surface area contributed by atoms with Crippen LogP contribution in [0.3, 0.4) is 0 Å². The molecule has 4 aromatic rings. The van der Waals surface area contributed by atoms with Gasteiger partial charge in [0.15, 0.2) is 11.6 Å². The van der Waals surface area contributed by atoms with Crippen molar-refractivity contribution in [1.29, 1.82) is 0 Å². The van der Waals surface area contributed by atoms with Gasteiger partial charge in [0.25, 0.3) is 0 Å². The summed E-state index contributed by atoms with van der Waals surface area (Å²) in [5.41, 5.74) is 3.73. The van der Waals surface area contributed by atoms with E-state index in [0.29, 0.717) is 28.5 Å². The maximum atomic E-state index is 15.2. The topological polar surface area (TPSA) is 83.8 Å². The van der Waals surface area contributed by atoms with Gasteiger partial charge in [0.2, 0.25) is 5.95 Å². The van der Waals surface area contributed by atoms with E-state index in [-0.39, 0.29) is 17.7 Å². The van der Waals surface area contributed by atoms with E-state index in [1.54, 1.807) is 6.07 Å². The smallest absolute Gasteiger partial charge is 0.229 e. The number of aryl methyl sites for hydroxylation is 1. The fraction of sp³-hybridized carbons (Fsp3) is 0.467. The second kappa shape index (κ2) is 10.5. The van der Waals surface area contributed by atoms with Crippen LogP contribution in [-0.4, -0.2) is 55.1 Å². The number of imidazole rings is 1. The number of anilines is 2. The molecule has 1 aromatic carbocycles. The van der Waals surface area contributed by atoms with Gasteiger partial charge in [-0.2, -0.15) is 0 Å². The van der Waals surface area contributed by atoms with Crippen molar-refractivity contribution in [2.45, 2.75) is 70.5 Å². The molecule has 2 fully saturated rings. The largest absolute Gasteiger partial charge is 0.325 e. The van der Waals surface area contributed by atoms with Gasteiger partial charge in [-0.1, -0.05) is 18.9 Å². The third-order valence-electron chi connectivity index (χ3n) is 8.78. The van der Waals surface area contributed by atoms with E-state index < -0.39 is 11.6 Å². The lowest BCUT2D eigenvalue weighted by molar-refractivity contribution is 0.146. The van der Waals surface area contributed by atoms with E-state index in [2.05, 4.69) is 41.1 Å². The molecule has 208 valence electrons. The molecule has 3 aromatic heterocycles. The Kier molecular flexibility index (Phi) is 6.67. The minimum absolute atomic E-state index is 0.0469. The number of hydrogen-bond donors (Lipinski definition) is 2. The van der Waals surface area contributed by atoms with Crippen LogP contribution in [0.5, 0.6) is 0 Å². The third kappa shape index (κ3) is 4.73. The molecule has 3 aliphatic rings. The van der Waals surface area contributed by atoms with Crippen LogP contribution in [0.2, 0.25) is 0 Å². The number of pyridine rings is 1. The minimum Gasteiger partial charge on any atom is -0.325 e. The number of rotatable bonds is 5. The molecule has 7 rings (SSSR count). The lowest BCUT2D eigenvalue weighted by atomic mass is 9.99. The van der Waals surface area contributed by atoms with Gasteiger partial charge in [0, 0.05) is 42.9 Å². The second-order valence-electron chi connectivity index (χ2n) is 11.3. The summed E-state index contributed by atoms with van der Waals surface area (Å²) >= 11 is 0. The van der Waals surface area contributed by atoms with Gasteiger partial charge in [0.05, 0.1) is 11.7 Å². The summed E-state index contributed by atoms with van der Waals surface area (Å²) in [6, 6.07) is 8.06. The summed E-state index contributed by atoms with van der Waals surface area (Å²) in [6.45, 7) is 5.98. The maximum Gasteiger partial charge on any atom is 0.229 e. The monoisotopic (exact) mass is 544 g/mol. The van der Waals surface area contributed by atoms with Crippen molar-refractivity contribution in [3.8, 4) is 11.3 Å². The van der Waals surface area contributed by atoms with Crippen LogP contribution in [-0.2, 0) is 13.0 Å². The standard InChI is InChI=1S/C30H34F2N8/c1-18-35-29-23(31)14-20(15-26(29)40(18)22-4-2-3-5-22)28-24(32)16-34-30(38-28)37-27-7-6-19-17-39(13-10-25(19)36-27)21-8-11-33-12-9-21/h6-7,14-16,21-22,33H,2-5,8-13,17H2,1H3,(H,34,36,37,38). The predicted octanol–water partition coefficient (Wildman–Crippen LogP) is 5.44. The quantitative estimate of drug-likeness (QED) is 0.346. The Balaban J connectivity index is 1.15. The Morgan fingerprint density at radius 1 is 0.950 bits per heavy atom. The number of piperidine rings is 1. The lowest BCUT2D eigenvalue weighted by Crippen LogP contribution is -2.45. The van der Waals surface area contributed by atoms with Crippen LogP contribution >= 0.6 is 0 Å². The Hall–Kier alpha value is -3.50. The van der Waals surface area contributed by atoms with Crippen LogP contribution in [0, 0.1) is 18.6 Å².